The zero-order valence-corrected chi connectivity index (χ0v) is 13.1. The molecule has 0 radical (unpaired) electrons. The lowest BCUT2D eigenvalue weighted by atomic mass is 10.0. The van der Waals surface area contributed by atoms with Gasteiger partial charge in [-0.25, -0.2) is 0 Å². The summed E-state index contributed by atoms with van der Waals surface area (Å²) in [5, 5.41) is 15.0. The second-order valence-electron chi connectivity index (χ2n) is 4.63. The predicted molar refractivity (Wildman–Crippen MR) is 81.1 cm³/mol. The van der Waals surface area contributed by atoms with E-state index in [9.17, 15) is 5.11 Å². The number of benzene rings is 1. The summed E-state index contributed by atoms with van der Waals surface area (Å²) in [4.78, 5) is 0. The van der Waals surface area contributed by atoms with Gasteiger partial charge in [0, 0.05) is 24.7 Å². The van der Waals surface area contributed by atoms with Crippen LogP contribution in [0.1, 0.15) is 24.2 Å². The van der Waals surface area contributed by atoms with Gasteiger partial charge >= 0.3 is 0 Å². The number of methoxy groups -OCH3 is 2. The van der Waals surface area contributed by atoms with Crippen LogP contribution in [0, 0.1) is 0 Å². The number of aromatic nitrogens is 2. The van der Waals surface area contributed by atoms with E-state index in [4.69, 9.17) is 21.1 Å². The molecule has 0 fully saturated rings. The van der Waals surface area contributed by atoms with E-state index >= 15 is 0 Å². The Hall–Kier alpha value is -1.72. The van der Waals surface area contributed by atoms with Crippen molar-refractivity contribution >= 4 is 11.6 Å². The Kier molecular flexibility index (Phi) is 5.09. The van der Waals surface area contributed by atoms with Crippen LogP contribution < -0.4 is 9.47 Å². The van der Waals surface area contributed by atoms with E-state index in [1.165, 1.54) is 7.11 Å². The number of halogens is 1. The van der Waals surface area contributed by atoms with Crippen molar-refractivity contribution in [2.75, 3.05) is 14.2 Å². The fraction of sp³-hybridized carbons (Fsp3) is 0.400. The Bertz CT molecular complexity index is 613. The maximum absolute atomic E-state index is 10.4. The van der Waals surface area contributed by atoms with Gasteiger partial charge in [-0.1, -0.05) is 17.7 Å². The second-order valence-corrected chi connectivity index (χ2v) is 5.01. The van der Waals surface area contributed by atoms with Crippen LogP contribution >= 0.6 is 11.6 Å². The maximum atomic E-state index is 10.4. The highest BCUT2D eigenvalue weighted by Crippen LogP contribution is 2.40. The molecule has 1 heterocycles. The highest BCUT2D eigenvalue weighted by molar-refractivity contribution is 6.33. The first-order chi connectivity index (χ1) is 10.1. The number of aliphatic hydroxyl groups excluding tert-OH is 1. The number of rotatable bonds is 6. The summed E-state index contributed by atoms with van der Waals surface area (Å²) in [6.45, 7) is 2.81. The second kappa shape index (κ2) is 6.83. The van der Waals surface area contributed by atoms with Crippen LogP contribution in [0.5, 0.6) is 11.5 Å². The van der Waals surface area contributed by atoms with E-state index in [0.717, 1.165) is 12.1 Å². The maximum Gasteiger partial charge on any atom is 0.179 e. The molecule has 0 saturated heterocycles. The van der Waals surface area contributed by atoms with Gasteiger partial charge in [0.25, 0.3) is 0 Å². The summed E-state index contributed by atoms with van der Waals surface area (Å²) in [6.07, 6.45) is 3.38. The average Bonchev–Trinajstić information content (AvgIpc) is 2.94. The van der Waals surface area contributed by atoms with Crippen molar-refractivity contribution in [2.24, 2.45) is 0 Å². The van der Waals surface area contributed by atoms with Gasteiger partial charge in [0.2, 0.25) is 0 Å². The van der Waals surface area contributed by atoms with E-state index in [2.05, 4.69) is 5.10 Å². The molecule has 2 aromatic rings. The Balaban J connectivity index is 2.24. The minimum atomic E-state index is -0.730. The molecule has 0 aliphatic rings. The Morgan fingerprint density at radius 2 is 2.10 bits per heavy atom. The molecule has 21 heavy (non-hydrogen) atoms. The van der Waals surface area contributed by atoms with Crippen molar-refractivity contribution in [1.29, 1.82) is 0 Å². The molecular formula is C15H19ClN2O3. The first kappa shape index (κ1) is 15.7. The minimum Gasteiger partial charge on any atom is -0.493 e. The molecular weight excluding hydrogens is 292 g/mol. The molecule has 1 atom stereocenters. The Morgan fingerprint density at radius 3 is 2.67 bits per heavy atom. The van der Waals surface area contributed by atoms with E-state index in [-0.39, 0.29) is 0 Å². The van der Waals surface area contributed by atoms with Crippen LogP contribution in [0.15, 0.2) is 24.5 Å². The SMILES string of the molecule is CCn1cc(CC(O)c2ccc(OC)c(OC)c2Cl)cn1. The molecule has 6 heteroatoms. The molecule has 0 aliphatic carbocycles. The van der Waals surface area contributed by atoms with Gasteiger partial charge in [-0.2, -0.15) is 5.10 Å². The molecule has 1 aromatic heterocycles. The van der Waals surface area contributed by atoms with Crippen molar-refractivity contribution in [3.63, 3.8) is 0 Å². The van der Waals surface area contributed by atoms with Crippen LogP contribution in [0.2, 0.25) is 5.02 Å². The van der Waals surface area contributed by atoms with E-state index in [0.29, 0.717) is 28.5 Å². The minimum absolute atomic E-state index is 0.368. The summed E-state index contributed by atoms with van der Waals surface area (Å²) in [5.74, 6) is 0.970. The van der Waals surface area contributed by atoms with Crippen molar-refractivity contribution in [3.05, 3.63) is 40.7 Å². The number of nitrogens with zero attached hydrogens (tertiary/aromatic N) is 2. The topological polar surface area (TPSA) is 56.5 Å². The number of aliphatic hydroxyl groups is 1. The van der Waals surface area contributed by atoms with Gasteiger partial charge in [0.1, 0.15) is 0 Å². The summed E-state index contributed by atoms with van der Waals surface area (Å²) in [7, 11) is 3.06. The molecule has 0 saturated carbocycles. The standard InChI is InChI=1S/C15H19ClN2O3/c1-4-18-9-10(8-17-18)7-12(19)11-5-6-13(20-2)15(21-3)14(11)16/h5-6,8-9,12,19H,4,7H2,1-3H3. The molecule has 0 bridgehead atoms. The fourth-order valence-electron chi connectivity index (χ4n) is 2.18. The number of hydrogen-bond donors (Lipinski definition) is 1. The lowest BCUT2D eigenvalue weighted by molar-refractivity contribution is 0.178. The van der Waals surface area contributed by atoms with Gasteiger partial charge in [0.05, 0.1) is 31.5 Å². The van der Waals surface area contributed by atoms with E-state index in [1.807, 2.05) is 17.8 Å². The quantitative estimate of drug-likeness (QED) is 0.891. The molecule has 1 unspecified atom stereocenters. The smallest absolute Gasteiger partial charge is 0.179 e. The van der Waals surface area contributed by atoms with Crippen molar-refractivity contribution in [2.45, 2.75) is 26.0 Å². The third-order valence-electron chi connectivity index (χ3n) is 3.31. The zero-order valence-electron chi connectivity index (χ0n) is 12.3. The van der Waals surface area contributed by atoms with Crippen molar-refractivity contribution < 1.29 is 14.6 Å². The van der Waals surface area contributed by atoms with Crippen molar-refractivity contribution in [1.82, 2.24) is 9.78 Å². The molecule has 1 aromatic carbocycles. The summed E-state index contributed by atoms with van der Waals surface area (Å²) in [6, 6.07) is 3.48. The highest BCUT2D eigenvalue weighted by Gasteiger charge is 2.19. The van der Waals surface area contributed by atoms with Gasteiger partial charge in [0.15, 0.2) is 11.5 Å². The third kappa shape index (κ3) is 3.31. The molecule has 5 nitrogen and oxygen atoms in total. The fourth-order valence-corrected chi connectivity index (χ4v) is 2.54. The zero-order chi connectivity index (χ0) is 15.4. The van der Waals surface area contributed by atoms with Gasteiger partial charge in [-0.05, 0) is 18.6 Å². The van der Waals surface area contributed by atoms with E-state index in [1.54, 1.807) is 25.4 Å². The number of hydrogen-bond acceptors (Lipinski definition) is 4. The third-order valence-corrected chi connectivity index (χ3v) is 3.70. The van der Waals surface area contributed by atoms with Crippen LogP contribution in [-0.4, -0.2) is 29.1 Å². The number of ether oxygens (including phenoxy) is 2. The first-order valence-electron chi connectivity index (χ1n) is 6.70. The largest absolute Gasteiger partial charge is 0.493 e. The average molecular weight is 311 g/mol. The van der Waals surface area contributed by atoms with E-state index < -0.39 is 6.10 Å². The lowest BCUT2D eigenvalue weighted by Gasteiger charge is -2.16. The molecule has 0 amide bonds. The molecule has 0 spiro atoms. The van der Waals surface area contributed by atoms with Crippen LogP contribution in [-0.2, 0) is 13.0 Å². The monoisotopic (exact) mass is 310 g/mol. The molecule has 1 N–H and O–H groups in total. The van der Waals surface area contributed by atoms with Gasteiger partial charge in [-0.3, -0.25) is 4.68 Å². The van der Waals surface area contributed by atoms with Crippen molar-refractivity contribution in [3.8, 4) is 11.5 Å². The molecule has 114 valence electrons. The normalized spacial score (nSPS) is 12.2. The van der Waals surface area contributed by atoms with Crippen LogP contribution in [0.3, 0.4) is 0 Å². The molecule has 0 aliphatic heterocycles. The van der Waals surface area contributed by atoms with Gasteiger partial charge in [-0.15, -0.1) is 0 Å². The van der Waals surface area contributed by atoms with Gasteiger partial charge < -0.3 is 14.6 Å². The Morgan fingerprint density at radius 1 is 1.33 bits per heavy atom. The predicted octanol–water partition coefficient (Wildman–Crippen LogP) is 2.85. The Labute approximate surface area is 129 Å². The van der Waals surface area contributed by atoms with Crippen LogP contribution in [0.4, 0.5) is 0 Å². The highest BCUT2D eigenvalue weighted by atomic mass is 35.5. The summed E-state index contributed by atoms with van der Waals surface area (Å²) < 4.78 is 12.2. The first-order valence-corrected chi connectivity index (χ1v) is 7.08. The summed E-state index contributed by atoms with van der Waals surface area (Å²) >= 11 is 6.30. The molecule has 2 rings (SSSR count). The number of aryl methyl sites for hydroxylation is 1. The lowest BCUT2D eigenvalue weighted by Crippen LogP contribution is -2.04. The summed E-state index contributed by atoms with van der Waals surface area (Å²) in [5.41, 5.74) is 1.56. The van der Waals surface area contributed by atoms with Crippen LogP contribution in [0.25, 0.3) is 0 Å².